The fourth-order valence-corrected chi connectivity index (χ4v) is 3.69. The lowest BCUT2D eigenvalue weighted by molar-refractivity contribution is -0.139. The van der Waals surface area contributed by atoms with E-state index < -0.39 is 12.0 Å². The van der Waals surface area contributed by atoms with Crippen LogP contribution in [0.3, 0.4) is 0 Å². The van der Waals surface area contributed by atoms with Gasteiger partial charge in [0, 0.05) is 25.5 Å². The Kier molecular flexibility index (Phi) is 5.75. The van der Waals surface area contributed by atoms with Crippen molar-refractivity contribution >= 4 is 23.8 Å². The van der Waals surface area contributed by atoms with Gasteiger partial charge >= 0.3 is 12.0 Å². The summed E-state index contributed by atoms with van der Waals surface area (Å²) in [5.41, 5.74) is 1.79. The molecule has 2 aromatic rings. The van der Waals surface area contributed by atoms with Crippen molar-refractivity contribution in [1.29, 1.82) is 0 Å². The number of benzene rings is 1. The zero-order valence-electron chi connectivity index (χ0n) is 15.2. The Morgan fingerprint density at radius 2 is 2.04 bits per heavy atom. The number of tetrazole rings is 1. The third-order valence-electron chi connectivity index (χ3n) is 4.12. The predicted octanol–water partition coefficient (Wildman–Crippen LogP) is 1.52. The van der Waals surface area contributed by atoms with Gasteiger partial charge in [0.15, 0.2) is 0 Å². The van der Waals surface area contributed by atoms with Gasteiger partial charge < -0.3 is 10.1 Å². The van der Waals surface area contributed by atoms with Gasteiger partial charge in [0.25, 0.3) is 0 Å². The first-order valence-corrected chi connectivity index (χ1v) is 9.36. The lowest BCUT2D eigenvalue weighted by Gasteiger charge is -2.34. The first-order valence-electron chi connectivity index (χ1n) is 8.37. The molecule has 0 unspecified atom stereocenters. The van der Waals surface area contributed by atoms with Crippen LogP contribution in [0, 0.1) is 0 Å². The maximum Gasteiger partial charge on any atom is 0.338 e. The Morgan fingerprint density at radius 3 is 2.67 bits per heavy atom. The first kappa shape index (κ1) is 18.9. The largest absolute Gasteiger partial charge is 0.463 e. The molecule has 1 aromatic heterocycles. The normalized spacial score (nSPS) is 17.1. The van der Waals surface area contributed by atoms with Gasteiger partial charge in [-0.25, -0.2) is 14.3 Å². The minimum absolute atomic E-state index is 0.245. The number of aryl methyl sites for hydroxylation is 1. The van der Waals surface area contributed by atoms with Crippen LogP contribution in [0.4, 0.5) is 4.79 Å². The first-order chi connectivity index (χ1) is 13.0. The van der Waals surface area contributed by atoms with Crippen LogP contribution < -0.4 is 5.32 Å². The van der Waals surface area contributed by atoms with Crippen LogP contribution in [0.2, 0.25) is 0 Å². The third-order valence-corrected chi connectivity index (χ3v) is 5.15. The summed E-state index contributed by atoms with van der Waals surface area (Å²) in [7, 11) is 3.35. The molecule has 1 N–H and O–H groups in total. The van der Waals surface area contributed by atoms with Crippen molar-refractivity contribution in [3.63, 3.8) is 0 Å². The molecule has 0 saturated carbocycles. The highest BCUT2D eigenvalue weighted by molar-refractivity contribution is 7.99. The number of amides is 2. The van der Waals surface area contributed by atoms with Crippen molar-refractivity contribution < 1.29 is 14.3 Å². The Bertz CT molecular complexity index is 867. The molecule has 1 aliphatic heterocycles. The molecule has 9 nitrogen and oxygen atoms in total. The monoisotopic (exact) mass is 388 g/mol. The second-order valence-corrected chi connectivity index (χ2v) is 6.75. The number of hydrogen-bond donors (Lipinski definition) is 1. The minimum atomic E-state index is -0.581. The Morgan fingerprint density at radius 1 is 1.30 bits per heavy atom. The molecule has 0 radical (unpaired) electrons. The number of carbonyl (C=O) groups is 2. The zero-order valence-corrected chi connectivity index (χ0v) is 16.1. The van der Waals surface area contributed by atoms with Crippen molar-refractivity contribution in [2.45, 2.75) is 18.1 Å². The number of rotatable bonds is 6. The molecule has 0 fully saturated rings. The summed E-state index contributed by atoms with van der Waals surface area (Å²) in [6, 6.07) is 8.47. The predicted molar refractivity (Wildman–Crippen MR) is 98.7 cm³/mol. The standard InChI is InChI=1S/C17H20N6O3S/c1-4-26-15(24)13-12(10-27-17-19-20-21-23(17)3)22(2)16(25)18-14(13)11-8-6-5-7-9-11/h5-9,14H,4,10H2,1-3H3,(H,18,25)/t14-/m1/s1. The van der Waals surface area contributed by atoms with Crippen LogP contribution in [-0.2, 0) is 16.6 Å². The summed E-state index contributed by atoms with van der Waals surface area (Å²) < 4.78 is 6.81. The van der Waals surface area contributed by atoms with Gasteiger partial charge in [-0.3, -0.25) is 4.90 Å². The van der Waals surface area contributed by atoms with E-state index in [1.54, 1.807) is 21.0 Å². The quantitative estimate of drug-likeness (QED) is 0.591. The Balaban J connectivity index is 2.03. The summed E-state index contributed by atoms with van der Waals surface area (Å²) in [5.74, 6) is -0.111. The molecule has 2 heterocycles. The van der Waals surface area contributed by atoms with Crippen molar-refractivity contribution in [2.75, 3.05) is 19.4 Å². The van der Waals surface area contributed by atoms with Crippen LogP contribution in [0.25, 0.3) is 0 Å². The van der Waals surface area contributed by atoms with Gasteiger partial charge in [-0.2, -0.15) is 0 Å². The summed E-state index contributed by atoms with van der Waals surface area (Å²) in [5, 5.41) is 14.8. The number of ether oxygens (including phenoxy) is 1. The summed E-state index contributed by atoms with van der Waals surface area (Å²) in [4.78, 5) is 26.7. The van der Waals surface area contributed by atoms with Crippen molar-refractivity contribution in [2.24, 2.45) is 7.05 Å². The fourth-order valence-electron chi connectivity index (χ4n) is 2.75. The molecule has 27 heavy (non-hydrogen) atoms. The number of nitrogens with zero attached hydrogens (tertiary/aromatic N) is 5. The molecule has 1 aliphatic rings. The average Bonchev–Trinajstić information content (AvgIpc) is 3.08. The average molecular weight is 388 g/mol. The van der Waals surface area contributed by atoms with Crippen molar-refractivity contribution in [1.82, 2.24) is 30.4 Å². The maximum absolute atomic E-state index is 12.8. The highest BCUT2D eigenvalue weighted by atomic mass is 32.2. The Labute approximate surface area is 160 Å². The summed E-state index contributed by atoms with van der Waals surface area (Å²) in [6.07, 6.45) is 0. The van der Waals surface area contributed by atoms with Gasteiger partial charge in [-0.15, -0.1) is 5.10 Å². The van der Waals surface area contributed by atoms with E-state index in [-0.39, 0.29) is 12.6 Å². The van der Waals surface area contributed by atoms with E-state index in [1.807, 2.05) is 30.3 Å². The van der Waals surface area contributed by atoms with E-state index in [9.17, 15) is 9.59 Å². The third kappa shape index (κ3) is 3.95. The van der Waals surface area contributed by atoms with Crippen molar-refractivity contribution in [3.05, 3.63) is 47.2 Å². The molecule has 1 aromatic carbocycles. The molecular weight excluding hydrogens is 368 g/mol. The molecular formula is C17H20N6O3S. The second-order valence-electron chi connectivity index (χ2n) is 5.81. The smallest absolute Gasteiger partial charge is 0.338 e. The number of thioether (sulfide) groups is 1. The highest BCUT2D eigenvalue weighted by Gasteiger charge is 2.36. The van der Waals surface area contributed by atoms with Gasteiger partial charge in [0.2, 0.25) is 5.16 Å². The Hall–Kier alpha value is -2.88. The zero-order chi connectivity index (χ0) is 19.4. The molecule has 0 aliphatic carbocycles. The number of carbonyl (C=O) groups excluding carboxylic acids is 2. The van der Waals surface area contributed by atoms with Crippen LogP contribution in [0.5, 0.6) is 0 Å². The number of hydrogen-bond acceptors (Lipinski definition) is 7. The number of urea groups is 1. The molecule has 1 atom stereocenters. The lowest BCUT2D eigenvalue weighted by Crippen LogP contribution is -2.47. The van der Waals surface area contributed by atoms with E-state index in [4.69, 9.17) is 4.74 Å². The van der Waals surface area contributed by atoms with Crippen LogP contribution >= 0.6 is 11.8 Å². The minimum Gasteiger partial charge on any atom is -0.463 e. The van der Waals surface area contributed by atoms with Gasteiger partial charge in [-0.05, 0) is 22.9 Å². The lowest BCUT2D eigenvalue weighted by atomic mass is 9.95. The van der Waals surface area contributed by atoms with E-state index >= 15 is 0 Å². The summed E-state index contributed by atoms with van der Waals surface area (Å²) in [6.45, 7) is 2.00. The molecule has 0 saturated heterocycles. The van der Waals surface area contributed by atoms with E-state index in [0.29, 0.717) is 22.2 Å². The number of esters is 1. The number of nitrogens with one attached hydrogen (secondary N) is 1. The topological polar surface area (TPSA) is 102 Å². The van der Waals surface area contributed by atoms with Crippen molar-refractivity contribution in [3.8, 4) is 0 Å². The molecule has 0 bridgehead atoms. The van der Waals surface area contributed by atoms with Gasteiger partial charge in [-0.1, -0.05) is 42.1 Å². The van der Waals surface area contributed by atoms with Gasteiger partial charge in [0.05, 0.1) is 18.2 Å². The van der Waals surface area contributed by atoms with Crippen LogP contribution in [0.15, 0.2) is 46.8 Å². The van der Waals surface area contributed by atoms with E-state index in [1.165, 1.54) is 21.3 Å². The van der Waals surface area contributed by atoms with E-state index in [2.05, 4.69) is 20.8 Å². The van der Waals surface area contributed by atoms with Gasteiger partial charge in [0.1, 0.15) is 0 Å². The molecule has 3 rings (SSSR count). The maximum atomic E-state index is 12.8. The summed E-state index contributed by atoms with van der Waals surface area (Å²) >= 11 is 1.34. The fraction of sp³-hybridized carbons (Fsp3) is 0.353. The van der Waals surface area contributed by atoms with E-state index in [0.717, 1.165) is 5.56 Å². The van der Waals surface area contributed by atoms with Crippen LogP contribution in [-0.4, -0.2) is 56.5 Å². The molecule has 0 spiro atoms. The molecule has 10 heteroatoms. The molecule has 142 valence electrons. The second kappa shape index (κ2) is 8.21. The highest BCUT2D eigenvalue weighted by Crippen LogP contribution is 2.33. The SMILES string of the molecule is CCOC(=O)C1=C(CSc2nnnn2C)N(C)C(=O)N[C@@H]1c1ccccc1. The number of aromatic nitrogens is 4. The van der Waals surface area contributed by atoms with Crippen LogP contribution in [0.1, 0.15) is 18.5 Å². The molecule has 2 amide bonds.